The molecule has 0 saturated carbocycles. The number of aliphatic hydroxyl groups is 1. The van der Waals surface area contributed by atoms with Gasteiger partial charge in [0.1, 0.15) is 11.5 Å². The highest BCUT2D eigenvalue weighted by molar-refractivity contribution is 7.16. The van der Waals surface area contributed by atoms with Crippen molar-refractivity contribution in [3.8, 4) is 5.75 Å². The average molecular weight is 441 g/mol. The van der Waals surface area contributed by atoms with Crippen LogP contribution in [0.5, 0.6) is 5.75 Å². The molecule has 30 heavy (non-hydrogen) atoms. The van der Waals surface area contributed by atoms with Crippen molar-refractivity contribution in [2.75, 3.05) is 4.90 Å². The Bertz CT molecular complexity index is 1160. The molecule has 1 aromatic heterocycles. The monoisotopic (exact) mass is 440 g/mol. The van der Waals surface area contributed by atoms with Crippen molar-refractivity contribution in [3.05, 3.63) is 80.8 Å². The topological polar surface area (TPSA) is 90.7 Å². The molecule has 0 bridgehead atoms. The van der Waals surface area contributed by atoms with Crippen LogP contribution in [0.25, 0.3) is 5.76 Å². The second-order valence-corrected chi connectivity index (χ2v) is 8.52. The van der Waals surface area contributed by atoms with Gasteiger partial charge in [-0.2, -0.15) is 0 Å². The molecule has 1 saturated heterocycles. The summed E-state index contributed by atoms with van der Waals surface area (Å²) in [5.41, 5.74) is 1.65. The number of anilines is 1. The van der Waals surface area contributed by atoms with E-state index < -0.39 is 17.7 Å². The van der Waals surface area contributed by atoms with Gasteiger partial charge in [0, 0.05) is 15.5 Å². The number of ketones is 1. The first-order valence-electron chi connectivity index (χ1n) is 9.08. The van der Waals surface area contributed by atoms with Crippen molar-refractivity contribution in [3.63, 3.8) is 0 Å². The third-order valence-corrected chi connectivity index (χ3v) is 6.32. The first kappa shape index (κ1) is 20.1. The fraction of sp³-hybridized carbons (Fsp3) is 0.136. The summed E-state index contributed by atoms with van der Waals surface area (Å²) >= 11 is 7.23. The van der Waals surface area contributed by atoms with Crippen LogP contribution in [0.4, 0.5) is 5.13 Å². The molecule has 152 valence electrons. The van der Waals surface area contributed by atoms with E-state index in [-0.39, 0.29) is 17.1 Å². The molecular weight excluding hydrogens is 424 g/mol. The van der Waals surface area contributed by atoms with Crippen molar-refractivity contribution in [1.82, 2.24) is 4.98 Å². The zero-order valence-corrected chi connectivity index (χ0v) is 17.7. The molecule has 1 aliphatic heterocycles. The van der Waals surface area contributed by atoms with Gasteiger partial charge in [-0.3, -0.25) is 14.5 Å². The Labute approximate surface area is 181 Å². The largest absolute Gasteiger partial charge is 0.508 e. The van der Waals surface area contributed by atoms with Crippen LogP contribution >= 0.6 is 22.9 Å². The Kier molecular flexibility index (Phi) is 5.09. The van der Waals surface area contributed by atoms with Gasteiger partial charge in [0.15, 0.2) is 5.13 Å². The number of thiazole rings is 1. The van der Waals surface area contributed by atoms with Crippen LogP contribution in [0.15, 0.2) is 54.1 Å². The van der Waals surface area contributed by atoms with Crippen molar-refractivity contribution in [2.24, 2.45) is 0 Å². The predicted octanol–water partition coefficient (Wildman–Crippen LogP) is 4.75. The van der Waals surface area contributed by atoms with E-state index in [0.717, 1.165) is 10.6 Å². The van der Waals surface area contributed by atoms with Crippen LogP contribution in [-0.4, -0.2) is 26.9 Å². The number of halogens is 1. The van der Waals surface area contributed by atoms with E-state index in [1.54, 1.807) is 36.4 Å². The second kappa shape index (κ2) is 7.59. The first-order chi connectivity index (χ1) is 14.3. The van der Waals surface area contributed by atoms with Crippen molar-refractivity contribution in [2.45, 2.75) is 19.9 Å². The highest BCUT2D eigenvalue weighted by Gasteiger charge is 2.48. The van der Waals surface area contributed by atoms with E-state index in [9.17, 15) is 19.8 Å². The van der Waals surface area contributed by atoms with E-state index in [2.05, 4.69) is 4.98 Å². The molecule has 1 aliphatic rings. The van der Waals surface area contributed by atoms with Crippen LogP contribution in [0, 0.1) is 13.8 Å². The average Bonchev–Trinajstić information content (AvgIpc) is 3.18. The molecule has 6 nitrogen and oxygen atoms in total. The van der Waals surface area contributed by atoms with Crippen LogP contribution < -0.4 is 4.90 Å². The number of carbonyl (C=O) groups is 2. The molecule has 0 aliphatic carbocycles. The lowest BCUT2D eigenvalue weighted by Crippen LogP contribution is -2.29. The quantitative estimate of drug-likeness (QED) is 0.348. The summed E-state index contributed by atoms with van der Waals surface area (Å²) in [7, 11) is 0. The third kappa shape index (κ3) is 3.36. The number of aliphatic hydroxyl groups excluding tert-OH is 1. The Morgan fingerprint density at radius 3 is 2.27 bits per heavy atom. The number of nitrogens with zero attached hydrogens (tertiary/aromatic N) is 2. The minimum Gasteiger partial charge on any atom is -0.508 e. The second-order valence-electron chi connectivity index (χ2n) is 6.91. The Balaban J connectivity index is 1.94. The number of hydrogen-bond acceptors (Lipinski definition) is 6. The van der Waals surface area contributed by atoms with E-state index in [4.69, 9.17) is 11.6 Å². The molecule has 8 heteroatoms. The maximum atomic E-state index is 13.0. The lowest BCUT2D eigenvalue weighted by Gasteiger charge is -2.23. The minimum atomic E-state index is -0.883. The lowest BCUT2D eigenvalue weighted by atomic mass is 9.95. The molecule has 1 fully saturated rings. The molecule has 2 heterocycles. The SMILES string of the molecule is Cc1nc(N2C(=O)C(=O)C(=C(O)c3ccc(Cl)cc3)[C@H]2c2ccc(O)cc2)sc1C. The Morgan fingerprint density at radius 2 is 1.70 bits per heavy atom. The third-order valence-electron chi connectivity index (χ3n) is 4.99. The fourth-order valence-electron chi connectivity index (χ4n) is 3.32. The number of Topliss-reactive ketones (excluding diaryl/α,β-unsaturated/α-hetero) is 1. The van der Waals surface area contributed by atoms with Gasteiger partial charge in [0.25, 0.3) is 5.78 Å². The minimum absolute atomic E-state index is 0.0430. The van der Waals surface area contributed by atoms with Gasteiger partial charge in [-0.1, -0.05) is 23.7 Å². The number of aryl methyl sites for hydroxylation is 2. The van der Waals surface area contributed by atoms with Gasteiger partial charge in [0.2, 0.25) is 0 Å². The van der Waals surface area contributed by atoms with Gasteiger partial charge >= 0.3 is 5.91 Å². The number of carbonyl (C=O) groups excluding carboxylic acids is 2. The molecule has 4 rings (SSSR count). The first-order valence-corrected chi connectivity index (χ1v) is 10.3. The van der Waals surface area contributed by atoms with Gasteiger partial charge in [-0.15, -0.1) is 11.3 Å². The molecule has 1 amide bonds. The molecular formula is C22H17ClN2O4S. The highest BCUT2D eigenvalue weighted by Crippen LogP contribution is 2.44. The highest BCUT2D eigenvalue weighted by atomic mass is 35.5. The van der Waals surface area contributed by atoms with Crippen LogP contribution in [0.3, 0.4) is 0 Å². The van der Waals surface area contributed by atoms with Gasteiger partial charge < -0.3 is 10.2 Å². The molecule has 0 radical (unpaired) electrons. The number of aromatic nitrogens is 1. The Morgan fingerprint density at radius 1 is 1.07 bits per heavy atom. The predicted molar refractivity (Wildman–Crippen MR) is 116 cm³/mol. The standard InChI is InChI=1S/C22H17ClN2O4S/c1-11-12(2)30-22(24-11)25-18(13-5-9-16(26)10-6-13)17(20(28)21(25)29)19(27)14-3-7-15(23)8-4-14/h3-10,18,26-27H,1-2H3/t18-/m1/s1. The normalized spacial score (nSPS) is 18.2. The van der Waals surface area contributed by atoms with Crippen LogP contribution in [0.2, 0.25) is 5.02 Å². The molecule has 3 aromatic rings. The van der Waals surface area contributed by atoms with E-state index >= 15 is 0 Å². The van der Waals surface area contributed by atoms with Crippen molar-refractivity contribution >= 4 is 45.5 Å². The van der Waals surface area contributed by atoms with Gasteiger partial charge in [-0.25, -0.2) is 4.98 Å². The maximum absolute atomic E-state index is 13.0. The smallest absolute Gasteiger partial charge is 0.301 e. The molecule has 0 unspecified atom stereocenters. The number of phenols is 1. The zero-order chi connectivity index (χ0) is 21.6. The van der Waals surface area contributed by atoms with Gasteiger partial charge in [-0.05, 0) is 55.8 Å². The summed E-state index contributed by atoms with van der Waals surface area (Å²) in [5.74, 6) is -1.81. The van der Waals surface area contributed by atoms with Crippen LogP contribution in [-0.2, 0) is 9.59 Å². The van der Waals surface area contributed by atoms with E-state index in [0.29, 0.717) is 21.3 Å². The number of benzene rings is 2. The molecule has 2 N–H and O–H groups in total. The summed E-state index contributed by atoms with van der Waals surface area (Å²) in [4.78, 5) is 32.7. The summed E-state index contributed by atoms with van der Waals surface area (Å²) in [6, 6.07) is 11.6. The number of aromatic hydroxyl groups is 1. The van der Waals surface area contributed by atoms with Crippen molar-refractivity contribution < 1.29 is 19.8 Å². The number of hydrogen-bond donors (Lipinski definition) is 2. The Hall–Kier alpha value is -3.16. The van der Waals surface area contributed by atoms with E-state index in [1.165, 1.54) is 28.4 Å². The summed E-state index contributed by atoms with van der Waals surface area (Å²) in [6.45, 7) is 3.71. The number of rotatable bonds is 3. The molecule has 0 spiro atoms. The van der Waals surface area contributed by atoms with Crippen LogP contribution in [0.1, 0.15) is 27.7 Å². The number of phenolic OH excluding ortho intramolecular Hbond substituents is 1. The summed E-state index contributed by atoms with van der Waals surface area (Å²) < 4.78 is 0. The fourth-order valence-corrected chi connectivity index (χ4v) is 4.39. The lowest BCUT2D eigenvalue weighted by molar-refractivity contribution is -0.132. The zero-order valence-electron chi connectivity index (χ0n) is 16.1. The number of amides is 1. The molecule has 1 atom stereocenters. The molecule has 2 aromatic carbocycles. The summed E-state index contributed by atoms with van der Waals surface area (Å²) in [5, 5.41) is 21.5. The van der Waals surface area contributed by atoms with Gasteiger partial charge in [0.05, 0.1) is 17.3 Å². The maximum Gasteiger partial charge on any atom is 0.301 e. The van der Waals surface area contributed by atoms with E-state index in [1.807, 2.05) is 13.8 Å². The van der Waals surface area contributed by atoms with Crippen molar-refractivity contribution in [1.29, 1.82) is 0 Å². The summed E-state index contributed by atoms with van der Waals surface area (Å²) in [6.07, 6.45) is 0.